The SMILES string of the molecule is COc1cc(-c2cccc(Cl)c2)c(F)cc1-c1ncnc2cc(S(=O)(=O)O)ccc12. The highest BCUT2D eigenvalue weighted by Crippen LogP contribution is 2.38. The summed E-state index contributed by atoms with van der Waals surface area (Å²) in [5, 5.41) is 0.949. The van der Waals surface area contributed by atoms with Crippen molar-refractivity contribution in [1.29, 1.82) is 0 Å². The first-order valence-corrected chi connectivity index (χ1v) is 10.5. The monoisotopic (exact) mass is 444 g/mol. The van der Waals surface area contributed by atoms with Gasteiger partial charge < -0.3 is 4.74 Å². The number of methoxy groups -OCH3 is 1. The van der Waals surface area contributed by atoms with Crippen LogP contribution in [0, 0.1) is 5.82 Å². The average molecular weight is 445 g/mol. The Kier molecular flexibility index (Phi) is 5.15. The molecule has 0 aliphatic rings. The Morgan fingerprint density at radius 2 is 1.83 bits per heavy atom. The minimum Gasteiger partial charge on any atom is -0.496 e. The average Bonchev–Trinajstić information content (AvgIpc) is 2.72. The largest absolute Gasteiger partial charge is 0.496 e. The van der Waals surface area contributed by atoms with Gasteiger partial charge in [0.25, 0.3) is 10.1 Å². The van der Waals surface area contributed by atoms with E-state index in [0.29, 0.717) is 38.5 Å². The molecule has 1 N–H and O–H groups in total. The molecule has 0 unspecified atom stereocenters. The number of nitrogens with zero attached hydrogens (tertiary/aromatic N) is 2. The first-order valence-electron chi connectivity index (χ1n) is 8.64. The maximum absolute atomic E-state index is 15.0. The summed E-state index contributed by atoms with van der Waals surface area (Å²) in [6.45, 7) is 0. The van der Waals surface area contributed by atoms with Crippen LogP contribution in [0.25, 0.3) is 33.3 Å². The van der Waals surface area contributed by atoms with Crippen LogP contribution in [0.15, 0.2) is 65.8 Å². The minimum absolute atomic E-state index is 0.275. The molecule has 6 nitrogen and oxygen atoms in total. The van der Waals surface area contributed by atoms with Crippen molar-refractivity contribution in [1.82, 2.24) is 9.97 Å². The van der Waals surface area contributed by atoms with Gasteiger partial charge in [-0.3, -0.25) is 4.55 Å². The Labute approximate surface area is 176 Å². The van der Waals surface area contributed by atoms with Gasteiger partial charge in [0, 0.05) is 21.5 Å². The Morgan fingerprint density at radius 3 is 2.53 bits per heavy atom. The summed E-state index contributed by atoms with van der Waals surface area (Å²) in [6.07, 6.45) is 1.23. The molecule has 0 saturated carbocycles. The number of ether oxygens (including phenoxy) is 1. The van der Waals surface area contributed by atoms with Crippen molar-refractivity contribution >= 4 is 32.6 Å². The number of fused-ring (bicyclic) bond motifs is 1. The van der Waals surface area contributed by atoms with Crippen molar-refractivity contribution in [2.45, 2.75) is 4.90 Å². The van der Waals surface area contributed by atoms with Gasteiger partial charge in [-0.2, -0.15) is 8.42 Å². The summed E-state index contributed by atoms with van der Waals surface area (Å²) in [6, 6.07) is 13.6. The second-order valence-corrected chi connectivity index (χ2v) is 8.28. The molecule has 0 fully saturated rings. The Morgan fingerprint density at radius 1 is 1.03 bits per heavy atom. The zero-order valence-electron chi connectivity index (χ0n) is 15.5. The van der Waals surface area contributed by atoms with Gasteiger partial charge in [-0.1, -0.05) is 23.7 Å². The lowest BCUT2D eigenvalue weighted by Gasteiger charge is -2.14. The molecule has 0 bridgehead atoms. The molecule has 0 aliphatic carbocycles. The van der Waals surface area contributed by atoms with Crippen molar-refractivity contribution in [2.75, 3.05) is 7.11 Å². The van der Waals surface area contributed by atoms with E-state index in [4.69, 9.17) is 16.3 Å². The zero-order chi connectivity index (χ0) is 21.5. The highest BCUT2D eigenvalue weighted by Gasteiger charge is 2.18. The Bertz CT molecular complexity index is 1390. The molecule has 0 radical (unpaired) electrons. The molecule has 4 aromatic rings. The van der Waals surface area contributed by atoms with Crippen LogP contribution in [-0.2, 0) is 10.1 Å². The van der Waals surface area contributed by atoms with Crippen LogP contribution in [0.4, 0.5) is 4.39 Å². The third kappa shape index (κ3) is 3.72. The molecule has 0 saturated heterocycles. The van der Waals surface area contributed by atoms with E-state index in [1.54, 1.807) is 30.3 Å². The van der Waals surface area contributed by atoms with E-state index in [2.05, 4.69) is 9.97 Å². The van der Waals surface area contributed by atoms with Crippen LogP contribution >= 0.6 is 11.6 Å². The fourth-order valence-corrected chi connectivity index (χ4v) is 3.89. The van der Waals surface area contributed by atoms with Crippen molar-refractivity contribution in [2.24, 2.45) is 0 Å². The summed E-state index contributed by atoms with van der Waals surface area (Å²) in [7, 11) is -2.93. The highest BCUT2D eigenvalue weighted by molar-refractivity contribution is 7.85. The number of benzene rings is 3. The number of aromatic nitrogens is 2. The molecule has 0 spiro atoms. The number of hydrogen-bond donors (Lipinski definition) is 1. The molecule has 0 aliphatic heterocycles. The zero-order valence-corrected chi connectivity index (χ0v) is 17.1. The molecule has 9 heteroatoms. The highest BCUT2D eigenvalue weighted by atomic mass is 35.5. The maximum Gasteiger partial charge on any atom is 0.294 e. The molecule has 4 rings (SSSR count). The standard InChI is InChI=1S/C21H14ClFN2O4S/c1-29-20-10-16(12-3-2-4-13(22)7-12)18(23)9-17(20)21-15-6-5-14(30(26,27)28)8-19(15)24-11-25-21/h2-11H,1H3,(H,26,27,28). The van der Waals surface area contributed by atoms with Gasteiger partial charge in [0.2, 0.25) is 0 Å². The Hall–Kier alpha value is -3.07. The Balaban J connectivity index is 1.92. The molecule has 0 atom stereocenters. The third-order valence-electron chi connectivity index (χ3n) is 4.59. The second kappa shape index (κ2) is 7.64. The normalized spacial score (nSPS) is 11.6. The van der Waals surface area contributed by atoms with Crippen LogP contribution in [0.5, 0.6) is 5.75 Å². The summed E-state index contributed by atoms with van der Waals surface area (Å²) < 4.78 is 52.6. The van der Waals surface area contributed by atoms with Gasteiger partial charge in [-0.25, -0.2) is 14.4 Å². The van der Waals surface area contributed by atoms with Gasteiger partial charge in [-0.05, 0) is 48.0 Å². The molecule has 3 aromatic carbocycles. The summed E-state index contributed by atoms with van der Waals surface area (Å²) in [4.78, 5) is 8.01. The predicted octanol–water partition coefficient (Wildman–Crippen LogP) is 5.01. The molecule has 0 amide bonds. The van der Waals surface area contributed by atoms with E-state index in [9.17, 15) is 13.0 Å². The lowest BCUT2D eigenvalue weighted by atomic mass is 9.99. The number of halogens is 2. The molecule has 1 aromatic heterocycles. The van der Waals surface area contributed by atoms with Crippen LogP contribution in [0.1, 0.15) is 0 Å². The first kappa shape index (κ1) is 20.2. The van der Waals surface area contributed by atoms with Crippen molar-refractivity contribution < 1.29 is 22.1 Å². The van der Waals surface area contributed by atoms with E-state index < -0.39 is 15.9 Å². The smallest absolute Gasteiger partial charge is 0.294 e. The number of hydrogen-bond acceptors (Lipinski definition) is 5. The summed E-state index contributed by atoms with van der Waals surface area (Å²) in [5.74, 6) is -0.139. The lowest BCUT2D eigenvalue weighted by molar-refractivity contribution is 0.415. The van der Waals surface area contributed by atoms with Crippen LogP contribution in [-0.4, -0.2) is 30.0 Å². The van der Waals surface area contributed by atoms with E-state index in [1.807, 2.05) is 0 Å². The van der Waals surface area contributed by atoms with Gasteiger partial charge in [0.15, 0.2) is 0 Å². The van der Waals surface area contributed by atoms with E-state index in [1.165, 1.54) is 37.7 Å². The van der Waals surface area contributed by atoms with Crippen LogP contribution < -0.4 is 4.74 Å². The summed E-state index contributed by atoms with van der Waals surface area (Å²) in [5.41, 5.74) is 1.90. The molecule has 30 heavy (non-hydrogen) atoms. The fourth-order valence-electron chi connectivity index (χ4n) is 3.20. The number of rotatable bonds is 4. The quantitative estimate of drug-likeness (QED) is 0.445. The van der Waals surface area contributed by atoms with E-state index in [0.717, 1.165) is 0 Å². The lowest BCUT2D eigenvalue weighted by Crippen LogP contribution is -1.99. The van der Waals surface area contributed by atoms with E-state index in [-0.39, 0.29) is 10.4 Å². The topological polar surface area (TPSA) is 89.4 Å². The van der Waals surface area contributed by atoms with Crippen LogP contribution in [0.3, 0.4) is 0 Å². The molecular weight excluding hydrogens is 431 g/mol. The van der Waals surface area contributed by atoms with Crippen LogP contribution in [0.2, 0.25) is 5.02 Å². The van der Waals surface area contributed by atoms with E-state index >= 15 is 4.39 Å². The summed E-state index contributed by atoms with van der Waals surface area (Å²) >= 11 is 6.03. The second-order valence-electron chi connectivity index (χ2n) is 6.42. The third-order valence-corrected chi connectivity index (χ3v) is 5.67. The molecule has 1 heterocycles. The van der Waals surface area contributed by atoms with Crippen molar-refractivity contribution in [3.05, 3.63) is 71.8 Å². The van der Waals surface area contributed by atoms with Crippen molar-refractivity contribution in [3.8, 4) is 28.1 Å². The van der Waals surface area contributed by atoms with Gasteiger partial charge in [-0.15, -0.1) is 0 Å². The van der Waals surface area contributed by atoms with Gasteiger partial charge >= 0.3 is 0 Å². The van der Waals surface area contributed by atoms with Gasteiger partial charge in [0.1, 0.15) is 17.9 Å². The molecule has 152 valence electrons. The maximum atomic E-state index is 15.0. The first-order chi connectivity index (χ1) is 14.3. The van der Waals surface area contributed by atoms with Crippen molar-refractivity contribution in [3.63, 3.8) is 0 Å². The molecular formula is C21H14ClFN2O4S. The predicted molar refractivity (Wildman–Crippen MR) is 112 cm³/mol. The fraction of sp³-hybridized carbons (Fsp3) is 0.0476. The van der Waals surface area contributed by atoms with Gasteiger partial charge in [0.05, 0.1) is 23.2 Å². The minimum atomic E-state index is -4.39.